The van der Waals surface area contributed by atoms with Crippen LogP contribution >= 0.6 is 24.0 Å². The maximum absolute atomic E-state index is 15.1. The van der Waals surface area contributed by atoms with E-state index in [2.05, 4.69) is 20.3 Å². The Bertz CT molecular complexity index is 2690. The van der Waals surface area contributed by atoms with Crippen LogP contribution in [0.4, 0.5) is 24.8 Å². The quantitative estimate of drug-likeness (QED) is 0.146. The summed E-state index contributed by atoms with van der Waals surface area (Å²) in [6.45, 7) is 0.746. The molecule has 0 aliphatic rings. The van der Waals surface area contributed by atoms with Crippen LogP contribution in [0.1, 0.15) is 27.4 Å². The number of rotatable bonds is 8. The Labute approximate surface area is 301 Å². The van der Waals surface area contributed by atoms with Crippen molar-refractivity contribution >= 4 is 63.5 Å². The highest BCUT2D eigenvalue weighted by atomic mass is 35.5. The summed E-state index contributed by atoms with van der Waals surface area (Å²) >= 11 is 6.61. The van der Waals surface area contributed by atoms with Crippen molar-refractivity contribution in [2.24, 2.45) is 5.73 Å². The van der Waals surface area contributed by atoms with Gasteiger partial charge < -0.3 is 20.6 Å². The summed E-state index contributed by atoms with van der Waals surface area (Å²) in [5.41, 5.74) is 5.37. The lowest BCUT2D eigenvalue weighted by Gasteiger charge is -2.19. The predicted molar refractivity (Wildman–Crippen MR) is 189 cm³/mol. The summed E-state index contributed by atoms with van der Waals surface area (Å²) in [6.07, 6.45) is 2.74. The van der Waals surface area contributed by atoms with Gasteiger partial charge in [-0.3, -0.25) is 9.55 Å². The number of benzene rings is 4. The summed E-state index contributed by atoms with van der Waals surface area (Å²) in [5.74, 6) is -5.28. The molecular formula is C35H24Cl2F3N7O5. The summed E-state index contributed by atoms with van der Waals surface area (Å²) in [4.78, 5) is 52.8. The van der Waals surface area contributed by atoms with Crippen LogP contribution in [-0.2, 0) is 13.1 Å². The van der Waals surface area contributed by atoms with Gasteiger partial charge >= 0.3 is 17.3 Å². The van der Waals surface area contributed by atoms with Crippen molar-refractivity contribution in [3.63, 3.8) is 0 Å². The maximum Gasteiger partial charge on any atom is 0.359 e. The number of nitrogens with two attached hydrogens (primary N) is 1. The van der Waals surface area contributed by atoms with E-state index in [0.717, 1.165) is 4.57 Å². The molecule has 0 saturated heterocycles. The van der Waals surface area contributed by atoms with E-state index in [9.17, 15) is 28.3 Å². The highest BCUT2D eigenvalue weighted by Crippen LogP contribution is 2.36. The molecule has 3 aromatic heterocycles. The van der Waals surface area contributed by atoms with Crippen molar-refractivity contribution in [3.8, 4) is 16.8 Å². The van der Waals surface area contributed by atoms with E-state index in [1.165, 1.54) is 30.6 Å². The number of carboxylic acid groups (broad SMARTS) is 1. The Morgan fingerprint density at radius 2 is 1.75 bits per heavy atom. The first-order valence-electron chi connectivity index (χ1n) is 15.1. The number of nitrogens with zero attached hydrogens (tertiary/aromatic N) is 5. The molecule has 12 nitrogen and oxygen atoms in total. The van der Waals surface area contributed by atoms with Gasteiger partial charge in [-0.2, -0.15) is 4.98 Å². The molecule has 4 aromatic carbocycles. The fraction of sp³-hybridized carbons (Fsp3) is 0.0857. The van der Waals surface area contributed by atoms with Crippen LogP contribution in [-0.4, -0.2) is 35.2 Å². The molecule has 3 heterocycles. The van der Waals surface area contributed by atoms with Gasteiger partial charge in [-0.1, -0.05) is 41.9 Å². The Morgan fingerprint density at radius 1 is 1.00 bits per heavy atom. The van der Waals surface area contributed by atoms with Gasteiger partial charge in [-0.15, -0.1) is 12.4 Å². The zero-order valence-corrected chi connectivity index (χ0v) is 28.2. The average Bonchev–Trinajstić information content (AvgIpc) is 3.47. The van der Waals surface area contributed by atoms with Gasteiger partial charge in [-0.25, -0.2) is 37.1 Å². The van der Waals surface area contributed by atoms with E-state index in [1.807, 2.05) is 0 Å². The van der Waals surface area contributed by atoms with Gasteiger partial charge in [0.05, 0.1) is 34.7 Å². The molecule has 7 aromatic rings. The number of pyridine rings is 1. The minimum absolute atomic E-state index is 0. The minimum atomic E-state index is -1.44. The smallest absolute Gasteiger partial charge is 0.359 e. The highest BCUT2D eigenvalue weighted by Gasteiger charge is 2.24. The zero-order valence-electron chi connectivity index (χ0n) is 26.7. The summed E-state index contributed by atoms with van der Waals surface area (Å²) < 4.78 is 50.6. The molecule has 0 bridgehead atoms. The molecule has 0 atom stereocenters. The zero-order chi connectivity index (χ0) is 36.1. The van der Waals surface area contributed by atoms with Crippen molar-refractivity contribution in [2.45, 2.75) is 20.0 Å². The molecular weight excluding hydrogens is 726 g/mol. The van der Waals surface area contributed by atoms with E-state index in [1.54, 1.807) is 37.3 Å². The van der Waals surface area contributed by atoms with E-state index >= 15 is 4.39 Å². The third kappa shape index (κ3) is 6.25. The monoisotopic (exact) mass is 749 g/mol. The number of oxazole rings is 1. The molecule has 4 N–H and O–H groups in total. The second-order valence-corrected chi connectivity index (χ2v) is 11.8. The number of aryl methyl sites for hydroxylation is 1. The Kier molecular flexibility index (Phi) is 9.59. The molecule has 0 amide bonds. The van der Waals surface area contributed by atoms with Gasteiger partial charge in [0, 0.05) is 47.6 Å². The lowest BCUT2D eigenvalue weighted by Crippen LogP contribution is -2.42. The number of nitrogens with one attached hydrogen (secondary N) is 1. The third-order valence-electron chi connectivity index (χ3n) is 8.19. The number of hydrogen-bond donors (Lipinski definition) is 3. The first-order chi connectivity index (χ1) is 24.4. The van der Waals surface area contributed by atoms with Crippen LogP contribution in [0, 0.1) is 24.4 Å². The molecule has 0 aliphatic heterocycles. The Morgan fingerprint density at radius 3 is 2.50 bits per heavy atom. The number of aromatic carboxylic acids is 1. The first-order valence-corrected chi connectivity index (χ1v) is 15.5. The number of hydrogen-bond acceptors (Lipinski definition) is 9. The SMILES string of the molecule is Cc1nc2cc(Cl)c(Nc3nc(=O)n(-c4cncc5cccc(-c6cccc(C(=O)O)c6)c45)c(=O)n3Cc3cc(F)c(F)cc3F)c(CN)c2o1.Cl. The second-order valence-electron chi connectivity index (χ2n) is 11.4. The lowest BCUT2D eigenvalue weighted by atomic mass is 9.97. The Hall–Kier alpha value is -6.03. The fourth-order valence-corrected chi connectivity index (χ4v) is 6.15. The second kappa shape index (κ2) is 13.9. The number of fused-ring (bicyclic) bond motifs is 2. The molecule has 264 valence electrons. The van der Waals surface area contributed by atoms with Crippen molar-refractivity contribution in [1.29, 1.82) is 0 Å². The molecule has 0 aliphatic carbocycles. The maximum atomic E-state index is 15.1. The fourth-order valence-electron chi connectivity index (χ4n) is 5.89. The van der Waals surface area contributed by atoms with Crippen LogP contribution in [0.15, 0.2) is 87.1 Å². The average molecular weight is 751 g/mol. The summed E-state index contributed by atoms with van der Waals surface area (Å²) in [6, 6.07) is 13.5. The lowest BCUT2D eigenvalue weighted by molar-refractivity contribution is 0.0697. The molecule has 7 rings (SSSR count). The molecule has 0 spiro atoms. The third-order valence-corrected chi connectivity index (χ3v) is 8.49. The number of halogens is 5. The van der Waals surface area contributed by atoms with Gasteiger partial charge in [0.25, 0.3) is 0 Å². The minimum Gasteiger partial charge on any atom is -0.478 e. The van der Waals surface area contributed by atoms with Gasteiger partial charge in [0.2, 0.25) is 5.95 Å². The molecule has 0 radical (unpaired) electrons. The number of aromatic nitrogens is 5. The van der Waals surface area contributed by atoms with E-state index in [0.29, 0.717) is 55.6 Å². The van der Waals surface area contributed by atoms with Crippen LogP contribution in [0.3, 0.4) is 0 Å². The number of carboxylic acids is 1. The number of carbonyl (C=O) groups is 1. The van der Waals surface area contributed by atoms with E-state index < -0.39 is 52.9 Å². The predicted octanol–water partition coefficient (Wildman–Crippen LogP) is 6.50. The van der Waals surface area contributed by atoms with Gasteiger partial charge in [0.15, 0.2) is 23.1 Å². The summed E-state index contributed by atoms with van der Waals surface area (Å²) in [7, 11) is 0. The highest BCUT2D eigenvalue weighted by molar-refractivity contribution is 6.34. The van der Waals surface area contributed by atoms with Crippen LogP contribution < -0.4 is 22.4 Å². The van der Waals surface area contributed by atoms with Crippen LogP contribution in [0.5, 0.6) is 0 Å². The first kappa shape index (κ1) is 35.8. The van der Waals surface area contributed by atoms with Crippen molar-refractivity contribution in [1.82, 2.24) is 24.1 Å². The largest absolute Gasteiger partial charge is 0.478 e. The molecule has 0 saturated carbocycles. The number of anilines is 2. The van der Waals surface area contributed by atoms with Crippen molar-refractivity contribution in [2.75, 3.05) is 5.32 Å². The normalized spacial score (nSPS) is 11.2. The molecule has 17 heteroatoms. The Balaban J connectivity index is 0.00000464. The summed E-state index contributed by atoms with van der Waals surface area (Å²) in [5, 5.41) is 13.3. The van der Waals surface area contributed by atoms with Gasteiger partial charge in [0.1, 0.15) is 11.3 Å². The molecule has 0 fully saturated rings. The standard InChI is InChI=1S/C35H23ClF3N7O5.ClH/c1-16-42-27-10-23(36)30(22(12-40)31(27)51-16)43-33-44-34(49)46(35(50)45(33)15-20-9-25(38)26(39)11-24(20)37)28-14-41-13-19-6-3-7-21(29(19)28)17-4-2-5-18(8-17)32(47)48;/h2-11,13-14H,12,15,40H2,1H3,(H,47,48)(H,43,44,49);1H. The molecule has 52 heavy (non-hydrogen) atoms. The van der Waals surface area contributed by atoms with E-state index in [4.69, 9.17) is 21.8 Å². The van der Waals surface area contributed by atoms with Crippen molar-refractivity contribution in [3.05, 3.63) is 139 Å². The van der Waals surface area contributed by atoms with Crippen LogP contribution in [0.25, 0.3) is 38.7 Å². The topological polar surface area (TPSA) is 171 Å². The van der Waals surface area contributed by atoms with E-state index in [-0.39, 0.29) is 46.5 Å². The van der Waals surface area contributed by atoms with Gasteiger partial charge in [-0.05, 0) is 35.4 Å². The molecule has 0 unspecified atom stereocenters. The van der Waals surface area contributed by atoms with Crippen molar-refractivity contribution < 1.29 is 27.5 Å². The van der Waals surface area contributed by atoms with Crippen LogP contribution in [0.2, 0.25) is 5.02 Å².